The molecular weight excluding hydrogens is 268 g/mol. The van der Waals surface area contributed by atoms with Crippen LogP contribution in [0.3, 0.4) is 0 Å². The van der Waals surface area contributed by atoms with E-state index in [2.05, 4.69) is 15.3 Å². The number of nitrogens with one attached hydrogen (secondary N) is 1. The van der Waals surface area contributed by atoms with Crippen LogP contribution < -0.4 is 5.32 Å². The number of aromatic nitrogens is 2. The van der Waals surface area contributed by atoms with Gasteiger partial charge in [0.25, 0.3) is 0 Å². The molecule has 1 N–H and O–H groups in total. The number of carbonyl (C=O) groups is 2. The van der Waals surface area contributed by atoms with Crippen molar-refractivity contribution in [2.45, 2.75) is 51.2 Å². The Hall–Kier alpha value is -1.98. The third-order valence-electron chi connectivity index (χ3n) is 4.08. The molecule has 2 unspecified atom stereocenters. The summed E-state index contributed by atoms with van der Waals surface area (Å²) in [5.41, 5.74) is 0. The Kier molecular flexibility index (Phi) is 3.86. The minimum atomic E-state index is -0.402. The van der Waals surface area contributed by atoms with Gasteiger partial charge in [-0.2, -0.15) is 0 Å². The zero-order chi connectivity index (χ0) is 14.8. The van der Waals surface area contributed by atoms with E-state index < -0.39 is 6.04 Å². The van der Waals surface area contributed by atoms with Crippen LogP contribution in [0.1, 0.15) is 38.4 Å². The predicted octanol–water partition coefficient (Wildman–Crippen LogP) is 0.882. The molecule has 1 aliphatic carbocycles. The Morgan fingerprint density at radius 1 is 1.29 bits per heavy atom. The van der Waals surface area contributed by atoms with Crippen LogP contribution in [0.4, 0.5) is 0 Å². The molecule has 6 nitrogen and oxygen atoms in total. The first-order valence-corrected chi connectivity index (χ1v) is 7.57. The Morgan fingerprint density at radius 3 is 2.62 bits per heavy atom. The molecule has 2 amide bonds. The SMILES string of the molecule is CCCC1NC(=O)C(C2CC2)N(Cc2ncccn2)C1=O. The average Bonchev–Trinajstić information content (AvgIpc) is 3.30. The van der Waals surface area contributed by atoms with Gasteiger partial charge in [-0.15, -0.1) is 0 Å². The topological polar surface area (TPSA) is 75.2 Å². The van der Waals surface area contributed by atoms with Crippen LogP contribution in [0.5, 0.6) is 0 Å². The Labute approximate surface area is 124 Å². The summed E-state index contributed by atoms with van der Waals surface area (Å²) in [7, 11) is 0. The van der Waals surface area contributed by atoms with Gasteiger partial charge in [0.15, 0.2) is 0 Å². The second-order valence-electron chi connectivity index (χ2n) is 5.76. The highest BCUT2D eigenvalue weighted by Crippen LogP contribution is 2.37. The molecule has 0 bridgehead atoms. The van der Waals surface area contributed by atoms with Crippen LogP contribution in [0.15, 0.2) is 18.5 Å². The zero-order valence-corrected chi connectivity index (χ0v) is 12.2. The van der Waals surface area contributed by atoms with Crippen molar-refractivity contribution < 1.29 is 9.59 Å². The van der Waals surface area contributed by atoms with E-state index in [0.29, 0.717) is 24.7 Å². The Bertz CT molecular complexity index is 530. The molecule has 0 radical (unpaired) electrons. The van der Waals surface area contributed by atoms with Crippen LogP contribution in [-0.4, -0.2) is 38.8 Å². The quantitative estimate of drug-likeness (QED) is 0.873. The lowest BCUT2D eigenvalue weighted by atomic mass is 10.0. The van der Waals surface area contributed by atoms with Gasteiger partial charge in [-0.3, -0.25) is 9.59 Å². The highest BCUT2D eigenvalue weighted by atomic mass is 16.2. The van der Waals surface area contributed by atoms with Gasteiger partial charge in [-0.05, 0) is 31.2 Å². The van der Waals surface area contributed by atoms with Crippen LogP contribution >= 0.6 is 0 Å². The zero-order valence-electron chi connectivity index (χ0n) is 12.2. The minimum Gasteiger partial charge on any atom is -0.342 e. The van der Waals surface area contributed by atoms with E-state index >= 15 is 0 Å². The molecule has 2 aliphatic rings. The maximum atomic E-state index is 12.7. The van der Waals surface area contributed by atoms with Crippen LogP contribution in [-0.2, 0) is 16.1 Å². The van der Waals surface area contributed by atoms with Crippen molar-refractivity contribution in [3.8, 4) is 0 Å². The normalized spacial score (nSPS) is 25.9. The molecule has 1 saturated heterocycles. The van der Waals surface area contributed by atoms with Crippen molar-refractivity contribution in [3.05, 3.63) is 24.3 Å². The van der Waals surface area contributed by atoms with Gasteiger partial charge in [0.1, 0.15) is 17.9 Å². The van der Waals surface area contributed by atoms with E-state index in [1.165, 1.54) is 0 Å². The number of rotatable bonds is 5. The first-order valence-electron chi connectivity index (χ1n) is 7.57. The smallest absolute Gasteiger partial charge is 0.246 e. The second kappa shape index (κ2) is 5.79. The summed E-state index contributed by atoms with van der Waals surface area (Å²) in [6, 6.07) is 0.989. The fourth-order valence-electron chi connectivity index (χ4n) is 2.90. The summed E-state index contributed by atoms with van der Waals surface area (Å²) in [5, 5.41) is 2.88. The van der Waals surface area contributed by atoms with Gasteiger partial charge < -0.3 is 10.2 Å². The summed E-state index contributed by atoms with van der Waals surface area (Å²) in [5.74, 6) is 0.856. The van der Waals surface area contributed by atoms with Gasteiger partial charge in [0.2, 0.25) is 11.8 Å². The van der Waals surface area contributed by atoms with Gasteiger partial charge in [0, 0.05) is 12.4 Å². The third-order valence-corrected chi connectivity index (χ3v) is 4.08. The maximum Gasteiger partial charge on any atom is 0.246 e. The van der Waals surface area contributed by atoms with Crippen molar-refractivity contribution in [1.82, 2.24) is 20.2 Å². The molecule has 1 aromatic heterocycles. The maximum absolute atomic E-state index is 12.7. The Balaban J connectivity index is 1.83. The lowest BCUT2D eigenvalue weighted by Gasteiger charge is -2.38. The first kappa shape index (κ1) is 14.0. The molecule has 0 spiro atoms. The van der Waals surface area contributed by atoms with Crippen LogP contribution in [0.25, 0.3) is 0 Å². The third kappa shape index (κ3) is 2.89. The molecule has 1 saturated carbocycles. The summed E-state index contributed by atoms with van der Waals surface area (Å²) in [6.45, 7) is 2.32. The molecule has 2 atom stereocenters. The number of hydrogen-bond donors (Lipinski definition) is 1. The average molecular weight is 288 g/mol. The lowest BCUT2D eigenvalue weighted by molar-refractivity contribution is -0.151. The standard InChI is InChI=1S/C15H20N4O2/c1-2-4-11-15(21)19(9-12-16-7-3-8-17-12)13(10-5-6-10)14(20)18-11/h3,7-8,10-11,13H,2,4-6,9H2,1H3,(H,18,20). The molecule has 21 heavy (non-hydrogen) atoms. The van der Waals surface area contributed by atoms with Crippen LogP contribution in [0, 0.1) is 5.92 Å². The summed E-state index contributed by atoms with van der Waals surface area (Å²) >= 11 is 0. The minimum absolute atomic E-state index is 0.000744. The molecule has 6 heteroatoms. The van der Waals surface area contributed by atoms with Crippen LogP contribution in [0.2, 0.25) is 0 Å². The molecule has 2 heterocycles. The van der Waals surface area contributed by atoms with Crippen molar-refractivity contribution >= 4 is 11.8 Å². The summed E-state index contributed by atoms with van der Waals surface area (Å²) in [4.78, 5) is 35.1. The van der Waals surface area contributed by atoms with E-state index in [9.17, 15) is 9.59 Å². The van der Waals surface area contributed by atoms with Crippen molar-refractivity contribution in [3.63, 3.8) is 0 Å². The molecule has 112 valence electrons. The summed E-state index contributed by atoms with van der Waals surface area (Å²) in [6.07, 6.45) is 6.87. The lowest BCUT2D eigenvalue weighted by Crippen LogP contribution is -2.63. The monoisotopic (exact) mass is 288 g/mol. The van der Waals surface area contributed by atoms with E-state index in [-0.39, 0.29) is 17.9 Å². The second-order valence-corrected chi connectivity index (χ2v) is 5.76. The fraction of sp³-hybridized carbons (Fsp3) is 0.600. The van der Waals surface area contributed by atoms with Crippen molar-refractivity contribution in [2.24, 2.45) is 5.92 Å². The van der Waals surface area contributed by atoms with Gasteiger partial charge in [-0.1, -0.05) is 13.3 Å². The summed E-state index contributed by atoms with van der Waals surface area (Å²) < 4.78 is 0. The van der Waals surface area contributed by atoms with E-state index in [1.54, 1.807) is 23.4 Å². The van der Waals surface area contributed by atoms with E-state index in [1.807, 2.05) is 6.92 Å². The Morgan fingerprint density at radius 2 is 2.00 bits per heavy atom. The predicted molar refractivity (Wildman–Crippen MR) is 75.9 cm³/mol. The fourth-order valence-corrected chi connectivity index (χ4v) is 2.90. The molecule has 1 aromatic rings. The van der Waals surface area contributed by atoms with Gasteiger partial charge in [-0.25, -0.2) is 9.97 Å². The number of nitrogens with zero attached hydrogens (tertiary/aromatic N) is 3. The largest absolute Gasteiger partial charge is 0.342 e. The molecule has 1 aliphatic heterocycles. The highest BCUT2D eigenvalue weighted by molar-refractivity contribution is 5.97. The molecule has 2 fully saturated rings. The number of piperazine rings is 1. The molecule has 3 rings (SSSR count). The highest BCUT2D eigenvalue weighted by Gasteiger charge is 2.47. The number of hydrogen-bond acceptors (Lipinski definition) is 4. The van der Waals surface area contributed by atoms with Crippen molar-refractivity contribution in [2.75, 3.05) is 0 Å². The number of carbonyl (C=O) groups excluding carboxylic acids is 2. The molecular formula is C15H20N4O2. The first-order chi connectivity index (χ1) is 10.2. The van der Waals surface area contributed by atoms with Gasteiger partial charge >= 0.3 is 0 Å². The molecule has 0 aromatic carbocycles. The number of amides is 2. The van der Waals surface area contributed by atoms with Gasteiger partial charge in [0.05, 0.1) is 6.54 Å². The van der Waals surface area contributed by atoms with E-state index in [4.69, 9.17) is 0 Å². The van der Waals surface area contributed by atoms with Crippen molar-refractivity contribution in [1.29, 1.82) is 0 Å². The van der Waals surface area contributed by atoms with E-state index in [0.717, 1.165) is 19.3 Å².